The standard InChI is InChI=1S/C11H16F3NO6.C8H12F3NO6.C3H6O.7Ac.4ClH.Sn/c1-2-3-20-9-6(15-10(19)11(12,13)14)8(18)7(17)5(4-16)21-9;9-8(10,11)7(17)12-3-5(15)4(14)2(1-13)18-6(3)16;1-2-3-4;;;;;;;;;;;;/h2,5-9,16-18H,1,3-4H2,(H,15,19);2-6,13-16H,1H2,(H,12,17);2,4H,1,3H2;;;;;;;;4*1H;/q;;;;;;;;;;;;;;+4/p-4/t5-,6-,7-,8-,9+;2-,3-,4-,5-,6?;;;;;;;;;;;;;/m11............./s1. The van der Waals surface area contributed by atoms with Gasteiger partial charge in [-0.15, -0.1) is 13.2 Å². The van der Waals surface area contributed by atoms with Crippen molar-refractivity contribution >= 4 is 61.4 Å². The van der Waals surface area contributed by atoms with Gasteiger partial charge in [-0.1, -0.05) is 12.2 Å². The van der Waals surface area contributed by atoms with Gasteiger partial charge in [0.15, 0.2) is 12.6 Å². The molecule has 10 N–H and O–H groups in total. The molecule has 2 saturated heterocycles. The van der Waals surface area contributed by atoms with E-state index in [9.17, 15) is 61.5 Å². The number of aliphatic hydroxyl groups is 8. The zero-order valence-electron chi connectivity index (χ0n) is 28.1. The predicted molar refractivity (Wildman–Crippen MR) is 156 cm³/mol. The van der Waals surface area contributed by atoms with Gasteiger partial charge in [0.25, 0.3) is 0 Å². The molecule has 2 amide bonds. The molecule has 10 atom stereocenters. The summed E-state index contributed by atoms with van der Waals surface area (Å²) < 4.78 is 87.3. The number of hydrogen-bond donors (Lipinski definition) is 10. The molecule has 55 heavy (non-hydrogen) atoms. The van der Waals surface area contributed by atoms with Gasteiger partial charge in [0.2, 0.25) is 0 Å². The molecule has 0 spiro atoms. The van der Waals surface area contributed by atoms with E-state index in [4.69, 9.17) is 60.5 Å². The van der Waals surface area contributed by atoms with E-state index in [1.807, 2.05) is 0 Å². The third-order valence-corrected chi connectivity index (χ3v) is 5.40. The number of halogens is 10. The van der Waals surface area contributed by atoms with Crippen molar-refractivity contribution in [3.8, 4) is 0 Å². The van der Waals surface area contributed by atoms with Crippen molar-refractivity contribution in [1.29, 1.82) is 0 Å². The number of rotatable bonds is 8. The Bertz CT molecular complexity index is 1010. The van der Waals surface area contributed by atoms with Crippen molar-refractivity contribution in [3.63, 3.8) is 0 Å². The summed E-state index contributed by atoms with van der Waals surface area (Å²) in [6.07, 6.45) is -20.9. The van der Waals surface area contributed by atoms with Crippen LogP contribution >= 0.6 is 35.7 Å². The Labute approximate surface area is 581 Å². The molecule has 2 heterocycles. The number of ether oxygens (including phenoxy) is 3. The van der Waals surface area contributed by atoms with E-state index in [2.05, 4.69) is 17.9 Å². The number of nitrogens with one attached hydrogen (secondary N) is 2. The summed E-state index contributed by atoms with van der Waals surface area (Å²) in [6, 6.07) is -3.51. The Hall–Kier alpha value is 9.61. The summed E-state index contributed by atoms with van der Waals surface area (Å²) in [5.74, 6) is -4.69. The molecule has 2 aliphatic rings. The fourth-order valence-electron chi connectivity index (χ4n) is 3.26. The molecule has 305 valence electrons. The van der Waals surface area contributed by atoms with Crippen LogP contribution in [0.4, 0.5) is 26.3 Å². The third kappa shape index (κ3) is 39.1. The van der Waals surface area contributed by atoms with Gasteiger partial charge >= 0.3 is 73.7 Å². The number of carbonyl (C=O) groups excluding carboxylic acids is 2. The maximum atomic E-state index is 12.3. The first kappa shape index (κ1) is 84.5. The van der Waals surface area contributed by atoms with Gasteiger partial charge in [0.05, 0.1) is 26.4 Å². The van der Waals surface area contributed by atoms with Gasteiger partial charge in [-0.3, -0.25) is 9.59 Å². The number of amides is 2. The zero-order valence-corrected chi connectivity index (χ0v) is 67.2. The molecule has 15 nitrogen and oxygen atoms in total. The Morgan fingerprint density at radius 2 is 0.964 bits per heavy atom. The second kappa shape index (κ2) is 44.8. The Kier molecular flexibility index (Phi) is 68.8. The van der Waals surface area contributed by atoms with Crippen molar-refractivity contribution in [2.75, 3.05) is 26.4 Å². The first-order valence-corrected chi connectivity index (χ1v) is 27.2. The summed E-state index contributed by atoms with van der Waals surface area (Å²) >= 11 is -3.29. The second-order valence-electron chi connectivity index (χ2n) is 8.95. The van der Waals surface area contributed by atoms with Crippen LogP contribution in [-0.4, -0.2) is 167 Å². The van der Waals surface area contributed by atoms with E-state index < -0.39 is 113 Å². The SMILES string of the molecule is C=CCO.C=CCO[C@H]1O[C@H](CO)[C@@H](O)[C@H](O)[C@H]1NC(=O)C(F)(F)F.O=C(N[C@H]1C(O)O[C@H](CO)[C@@H](O)[C@@H]1O)C(F)(F)F.[Ac].[Ac].[Ac].[Ac].[Ac].[Ac].[Ac].[Cl][Sn]([Cl])([Cl])[Cl]. The summed E-state index contributed by atoms with van der Waals surface area (Å²) in [5, 5.41) is 75.8. The molecular formula is C22H34Ac7Cl4F6N2O13Sn. The van der Waals surface area contributed by atoms with E-state index >= 15 is 0 Å². The molecule has 2 aliphatic heterocycles. The monoisotopic (exact) mass is 2500 g/mol. The number of alkyl halides is 6. The van der Waals surface area contributed by atoms with Crippen LogP contribution in [0.1, 0.15) is 0 Å². The number of hydrogen-bond acceptors (Lipinski definition) is 13. The van der Waals surface area contributed by atoms with Gasteiger partial charge in [-0.25, -0.2) is 0 Å². The molecule has 7 radical (unpaired) electrons. The summed E-state index contributed by atoms with van der Waals surface area (Å²) in [6.45, 7) is 5.07. The molecule has 33 heteroatoms. The first-order chi connectivity index (χ1) is 21.8. The van der Waals surface area contributed by atoms with Crippen LogP contribution in [-0.2, 0) is 23.8 Å². The molecule has 0 aromatic heterocycles. The van der Waals surface area contributed by atoms with Crippen molar-refractivity contribution in [2.45, 2.75) is 73.6 Å². The molecule has 0 aliphatic carbocycles. The molecule has 2 rings (SSSR count). The van der Waals surface area contributed by atoms with Crippen molar-refractivity contribution < 1.29 is 399 Å². The van der Waals surface area contributed by atoms with Crippen LogP contribution in [0, 0.1) is 308 Å². The molecule has 0 bridgehead atoms. The Balaban J connectivity index is -0.0000000817. The minimum atomic E-state index is -5.20. The average Bonchev–Trinajstić information content (AvgIpc) is 2.97. The van der Waals surface area contributed by atoms with Crippen LogP contribution in [0.5, 0.6) is 0 Å². The predicted octanol–water partition coefficient (Wildman–Crippen LogP) is -1.32. The van der Waals surface area contributed by atoms with E-state index in [0.717, 1.165) is 0 Å². The van der Waals surface area contributed by atoms with Crippen LogP contribution in [0.25, 0.3) is 0 Å². The normalized spacial score (nSPS) is 26.6. The van der Waals surface area contributed by atoms with Crippen molar-refractivity contribution in [3.05, 3.63) is 25.3 Å². The molecular weight excluding hydrogens is 2460 g/mol. The second-order valence-corrected chi connectivity index (χ2v) is 34.4. The quantitative estimate of drug-likeness (QED) is 0.0772. The molecule has 0 saturated carbocycles. The fraction of sp³-hybridized carbons (Fsp3) is 0.727. The van der Waals surface area contributed by atoms with Crippen LogP contribution in [0.3, 0.4) is 0 Å². The minimum absolute atomic E-state index is 0. The summed E-state index contributed by atoms with van der Waals surface area (Å²) in [5.41, 5.74) is 0. The van der Waals surface area contributed by atoms with Gasteiger partial charge in [-0.05, 0) is 0 Å². The molecule has 1 unspecified atom stereocenters. The zero-order chi connectivity index (χ0) is 38.2. The number of carbonyl (C=O) groups is 2. The maximum absolute atomic E-state index is 12.3. The van der Waals surface area contributed by atoms with Crippen LogP contribution in [0.15, 0.2) is 25.3 Å². The topological polar surface area (TPSA) is 248 Å². The summed E-state index contributed by atoms with van der Waals surface area (Å²) in [4.78, 5) is 21.6. The van der Waals surface area contributed by atoms with Crippen LogP contribution < -0.4 is 10.6 Å². The molecule has 0 aromatic carbocycles. The van der Waals surface area contributed by atoms with Gasteiger partial charge < -0.3 is 65.7 Å². The van der Waals surface area contributed by atoms with E-state index in [0.29, 0.717) is 0 Å². The fourth-order valence-corrected chi connectivity index (χ4v) is 3.26. The Morgan fingerprint density at radius 3 is 1.25 bits per heavy atom. The Morgan fingerprint density at radius 1 is 0.655 bits per heavy atom. The summed E-state index contributed by atoms with van der Waals surface area (Å²) in [7, 11) is 20.1. The molecule has 2 fully saturated rings. The van der Waals surface area contributed by atoms with E-state index in [1.165, 1.54) is 22.8 Å². The van der Waals surface area contributed by atoms with Crippen LogP contribution in [0.2, 0.25) is 0 Å². The third-order valence-electron chi connectivity index (χ3n) is 5.40. The van der Waals surface area contributed by atoms with E-state index in [-0.39, 0.29) is 322 Å². The first-order valence-electron chi connectivity index (χ1n) is 12.7. The number of aliphatic hydroxyl groups excluding tert-OH is 8. The van der Waals surface area contributed by atoms with E-state index in [1.54, 1.807) is 0 Å². The van der Waals surface area contributed by atoms with Gasteiger partial charge in [-0.2, -0.15) is 26.3 Å². The average molecular weight is 2500 g/mol. The molecule has 0 aromatic rings. The van der Waals surface area contributed by atoms with Gasteiger partial charge in [0.1, 0.15) is 48.7 Å². The van der Waals surface area contributed by atoms with Gasteiger partial charge in [0, 0.05) is 308 Å². The van der Waals surface area contributed by atoms with Crippen molar-refractivity contribution in [1.82, 2.24) is 10.6 Å². The van der Waals surface area contributed by atoms with Crippen molar-refractivity contribution in [2.24, 2.45) is 0 Å².